The van der Waals surface area contributed by atoms with Crippen molar-refractivity contribution >= 4 is 84.3 Å². The normalized spacial score (nSPS) is 14.3. The lowest BCUT2D eigenvalue weighted by atomic mass is 10.2. The fraction of sp³-hybridized carbons (Fsp3) is 0.300. The number of nitrogens with one attached hydrogen (secondary N) is 2. The van der Waals surface area contributed by atoms with Crippen LogP contribution in [0.15, 0.2) is 58.5 Å². The van der Waals surface area contributed by atoms with E-state index >= 15 is 0 Å². The molecule has 0 bridgehead atoms. The molecule has 0 aliphatic carbocycles. The molecule has 1 saturated heterocycles. The molecular formula is C20H30Cl4N8. The summed E-state index contributed by atoms with van der Waals surface area (Å²) < 4.78 is 0. The van der Waals surface area contributed by atoms with E-state index in [0.717, 1.165) is 56.6 Å². The van der Waals surface area contributed by atoms with E-state index in [1.165, 1.54) is 11.4 Å². The molecule has 2 aromatic carbocycles. The number of aliphatic imine (C=N–C) groups is 2. The summed E-state index contributed by atoms with van der Waals surface area (Å²) in [6.45, 7) is 5.65. The maximum absolute atomic E-state index is 5.42. The predicted octanol–water partition coefficient (Wildman–Crippen LogP) is 2.98. The van der Waals surface area contributed by atoms with E-state index in [1.54, 1.807) is 0 Å². The van der Waals surface area contributed by atoms with Crippen LogP contribution in [-0.4, -0.2) is 51.2 Å². The van der Waals surface area contributed by atoms with Crippen LogP contribution in [-0.2, 0) is 0 Å². The quantitative estimate of drug-likeness (QED) is 0.362. The Kier molecular flexibility index (Phi) is 13.0. The zero-order chi connectivity index (χ0) is 19.3. The molecule has 0 amide bonds. The van der Waals surface area contributed by atoms with E-state index in [0.29, 0.717) is 0 Å². The van der Waals surface area contributed by atoms with Gasteiger partial charge in [0, 0.05) is 49.8 Å². The van der Waals surface area contributed by atoms with E-state index < -0.39 is 0 Å². The Hall–Kier alpha value is -2.26. The van der Waals surface area contributed by atoms with Crippen LogP contribution < -0.4 is 31.9 Å². The van der Waals surface area contributed by atoms with E-state index in [2.05, 4.69) is 66.8 Å². The van der Waals surface area contributed by atoms with Crippen LogP contribution in [0.4, 0.5) is 22.7 Å². The van der Waals surface area contributed by atoms with Crippen molar-refractivity contribution in [2.75, 3.05) is 54.4 Å². The van der Waals surface area contributed by atoms with Gasteiger partial charge in [0.25, 0.3) is 0 Å². The highest BCUT2D eigenvalue weighted by molar-refractivity contribution is 5.94. The highest BCUT2D eigenvalue weighted by atomic mass is 35.5. The molecule has 0 saturated carbocycles. The Morgan fingerprint density at radius 3 is 1.75 bits per heavy atom. The van der Waals surface area contributed by atoms with Crippen LogP contribution in [0.1, 0.15) is 0 Å². The van der Waals surface area contributed by atoms with E-state index in [1.807, 2.05) is 12.1 Å². The first-order valence-electron chi connectivity index (χ1n) is 9.52. The van der Waals surface area contributed by atoms with Gasteiger partial charge in [0.2, 0.25) is 0 Å². The summed E-state index contributed by atoms with van der Waals surface area (Å²) in [4.78, 5) is 13.2. The molecule has 2 heterocycles. The van der Waals surface area contributed by atoms with Gasteiger partial charge >= 0.3 is 0 Å². The Labute approximate surface area is 213 Å². The average Bonchev–Trinajstić information content (AvgIpc) is 3.22. The number of nitrogens with two attached hydrogens (primary N) is 2. The molecule has 32 heavy (non-hydrogen) atoms. The second kappa shape index (κ2) is 14.0. The van der Waals surface area contributed by atoms with Gasteiger partial charge in [0.15, 0.2) is 11.9 Å². The lowest BCUT2D eigenvalue weighted by molar-refractivity contribution is 0.653. The molecule has 4 rings (SSSR count). The minimum atomic E-state index is 0. The summed E-state index contributed by atoms with van der Waals surface area (Å²) in [6, 6.07) is 16.6. The van der Waals surface area contributed by atoms with E-state index in [4.69, 9.17) is 11.5 Å². The van der Waals surface area contributed by atoms with Crippen molar-refractivity contribution in [2.24, 2.45) is 21.5 Å². The number of hydrogen-bond donors (Lipinski definition) is 4. The summed E-state index contributed by atoms with van der Waals surface area (Å²) in [5.74, 6) is 0.933. The molecule has 12 heteroatoms. The van der Waals surface area contributed by atoms with Crippen LogP contribution in [0.3, 0.4) is 0 Å². The minimum absolute atomic E-state index is 0. The standard InChI is InChI=1S/C20H26N8.4ClH/c21-19(22)25-15-1-5-17(6-2-15)27-11-13-28(14-12-27)18-7-3-16(4-8-18)26-20-23-9-10-24-20;;;;/h1-8H,9-14H2,(H4,21,22,25)(H2,23,24,26);4*1H. The van der Waals surface area contributed by atoms with Gasteiger partial charge in [-0.2, -0.15) is 0 Å². The fourth-order valence-corrected chi connectivity index (χ4v) is 3.48. The molecule has 2 aromatic rings. The lowest BCUT2D eigenvalue weighted by Gasteiger charge is -2.37. The summed E-state index contributed by atoms with van der Waals surface area (Å²) in [5.41, 5.74) is 15.1. The summed E-state index contributed by atoms with van der Waals surface area (Å²) in [7, 11) is 0. The lowest BCUT2D eigenvalue weighted by Crippen LogP contribution is -2.46. The molecule has 178 valence electrons. The van der Waals surface area contributed by atoms with Crippen LogP contribution in [0.25, 0.3) is 0 Å². The van der Waals surface area contributed by atoms with Gasteiger partial charge in [-0.1, -0.05) is 0 Å². The molecule has 2 aliphatic heterocycles. The third-order valence-electron chi connectivity index (χ3n) is 4.92. The van der Waals surface area contributed by atoms with Crippen LogP contribution >= 0.6 is 49.6 Å². The number of guanidine groups is 2. The fourth-order valence-electron chi connectivity index (χ4n) is 3.48. The molecule has 6 N–H and O–H groups in total. The van der Waals surface area contributed by atoms with Crippen molar-refractivity contribution in [2.45, 2.75) is 0 Å². The number of nitrogens with zero attached hydrogens (tertiary/aromatic N) is 4. The Bertz CT molecular complexity index is 862. The molecule has 0 aromatic heterocycles. The molecule has 2 aliphatic rings. The highest BCUT2D eigenvalue weighted by Gasteiger charge is 2.17. The zero-order valence-corrected chi connectivity index (χ0v) is 20.7. The van der Waals surface area contributed by atoms with E-state index in [-0.39, 0.29) is 55.6 Å². The van der Waals surface area contributed by atoms with Crippen molar-refractivity contribution < 1.29 is 0 Å². The SMILES string of the molecule is Cl.Cl.Cl.Cl.NC(N)=Nc1ccc(N2CCN(c3ccc(NC4=NCCN4)cc3)CC2)cc1. The average molecular weight is 524 g/mol. The van der Waals surface area contributed by atoms with Gasteiger partial charge in [-0.15, -0.1) is 49.6 Å². The number of halogens is 4. The maximum Gasteiger partial charge on any atom is 0.195 e. The number of hydrogen-bond acceptors (Lipinski definition) is 6. The van der Waals surface area contributed by atoms with Gasteiger partial charge in [0.1, 0.15) is 0 Å². The number of anilines is 3. The maximum atomic E-state index is 5.42. The summed E-state index contributed by atoms with van der Waals surface area (Å²) >= 11 is 0. The molecule has 8 nitrogen and oxygen atoms in total. The first-order valence-corrected chi connectivity index (χ1v) is 9.52. The highest BCUT2D eigenvalue weighted by Crippen LogP contribution is 2.24. The number of rotatable bonds is 4. The second-order valence-corrected chi connectivity index (χ2v) is 6.86. The van der Waals surface area contributed by atoms with Crippen LogP contribution in [0.5, 0.6) is 0 Å². The van der Waals surface area contributed by atoms with Crippen molar-refractivity contribution in [3.63, 3.8) is 0 Å². The first-order chi connectivity index (χ1) is 13.7. The topological polar surface area (TPSA) is 107 Å². The molecular weight excluding hydrogens is 494 g/mol. The Morgan fingerprint density at radius 2 is 1.31 bits per heavy atom. The van der Waals surface area contributed by atoms with Gasteiger partial charge in [-0.25, -0.2) is 4.99 Å². The van der Waals surface area contributed by atoms with Gasteiger partial charge in [-0.05, 0) is 48.5 Å². The summed E-state index contributed by atoms with van der Waals surface area (Å²) in [6.07, 6.45) is 0. The van der Waals surface area contributed by atoms with Crippen molar-refractivity contribution in [1.29, 1.82) is 0 Å². The van der Waals surface area contributed by atoms with Crippen LogP contribution in [0, 0.1) is 0 Å². The van der Waals surface area contributed by atoms with Crippen molar-refractivity contribution in [3.8, 4) is 0 Å². The smallest absolute Gasteiger partial charge is 0.195 e. The Balaban J connectivity index is 0.00000240. The third kappa shape index (κ3) is 7.70. The molecule has 0 unspecified atom stereocenters. The predicted molar refractivity (Wildman–Crippen MR) is 146 cm³/mol. The van der Waals surface area contributed by atoms with Crippen molar-refractivity contribution in [1.82, 2.24) is 5.32 Å². The van der Waals surface area contributed by atoms with Gasteiger partial charge in [-0.3, -0.25) is 4.99 Å². The van der Waals surface area contributed by atoms with Crippen molar-refractivity contribution in [3.05, 3.63) is 48.5 Å². The zero-order valence-electron chi connectivity index (χ0n) is 17.4. The molecule has 0 atom stereocenters. The Morgan fingerprint density at radius 1 is 0.812 bits per heavy atom. The molecule has 1 fully saturated rings. The molecule has 0 spiro atoms. The number of benzene rings is 2. The monoisotopic (exact) mass is 522 g/mol. The third-order valence-corrected chi connectivity index (χ3v) is 4.92. The molecule has 0 radical (unpaired) electrons. The largest absolute Gasteiger partial charge is 0.370 e. The first kappa shape index (κ1) is 29.7. The van der Waals surface area contributed by atoms with Gasteiger partial charge in [0.05, 0.1) is 12.2 Å². The second-order valence-electron chi connectivity index (χ2n) is 6.86. The van der Waals surface area contributed by atoms with E-state index in [9.17, 15) is 0 Å². The number of piperazine rings is 1. The minimum Gasteiger partial charge on any atom is -0.370 e. The summed E-state index contributed by atoms with van der Waals surface area (Å²) in [5, 5.41) is 6.52. The van der Waals surface area contributed by atoms with Gasteiger partial charge < -0.3 is 31.9 Å². The van der Waals surface area contributed by atoms with Crippen LogP contribution in [0.2, 0.25) is 0 Å².